The number of methoxy groups -OCH3 is 1. The van der Waals surface area contributed by atoms with E-state index in [4.69, 9.17) is 9.15 Å². The van der Waals surface area contributed by atoms with Gasteiger partial charge in [0, 0.05) is 5.56 Å². The summed E-state index contributed by atoms with van der Waals surface area (Å²) in [5.41, 5.74) is 0.626. The molecule has 1 unspecified atom stereocenters. The van der Waals surface area contributed by atoms with Crippen molar-refractivity contribution in [1.82, 2.24) is 20.2 Å². The molecule has 3 aromatic rings. The number of furan rings is 1. The Hall–Kier alpha value is -2.61. The summed E-state index contributed by atoms with van der Waals surface area (Å²) in [7, 11) is 1.59. The van der Waals surface area contributed by atoms with E-state index in [0.717, 1.165) is 5.76 Å². The molecule has 0 aliphatic carbocycles. The van der Waals surface area contributed by atoms with Crippen LogP contribution in [-0.4, -0.2) is 38.4 Å². The number of Topliss-reactive ketones (excluding diaryl/α,β-unsaturated/α-hetero) is 1. The van der Waals surface area contributed by atoms with Crippen molar-refractivity contribution in [3.8, 4) is 5.75 Å². The predicted octanol–water partition coefficient (Wildman–Crippen LogP) is 2.69. The number of rotatable bonds is 7. The summed E-state index contributed by atoms with van der Waals surface area (Å²) >= 11 is 1.32. The Balaban J connectivity index is 1.69. The topological polar surface area (TPSA) is 83.0 Å². The van der Waals surface area contributed by atoms with Gasteiger partial charge in [-0.25, -0.2) is 4.68 Å². The first kappa shape index (κ1) is 16.3. The van der Waals surface area contributed by atoms with Gasteiger partial charge in [-0.15, -0.1) is 5.10 Å². The highest BCUT2D eigenvalue weighted by atomic mass is 32.2. The van der Waals surface area contributed by atoms with Gasteiger partial charge in [0.1, 0.15) is 18.1 Å². The van der Waals surface area contributed by atoms with E-state index in [1.807, 2.05) is 19.1 Å². The largest absolute Gasteiger partial charge is 0.497 e. The van der Waals surface area contributed by atoms with E-state index in [9.17, 15) is 4.79 Å². The Bertz CT molecular complexity index is 799. The van der Waals surface area contributed by atoms with Crippen LogP contribution in [0.15, 0.2) is 52.2 Å². The van der Waals surface area contributed by atoms with Crippen molar-refractivity contribution in [2.24, 2.45) is 0 Å². The zero-order valence-corrected chi connectivity index (χ0v) is 14.1. The molecule has 0 amide bonds. The van der Waals surface area contributed by atoms with Crippen LogP contribution in [0.1, 0.15) is 23.0 Å². The number of hydrogen-bond donors (Lipinski definition) is 0. The third-order valence-corrected chi connectivity index (χ3v) is 4.48. The number of benzene rings is 1. The Kier molecular flexibility index (Phi) is 4.95. The molecular formula is C16H16N4O3S. The second-order valence-electron chi connectivity index (χ2n) is 5.05. The summed E-state index contributed by atoms with van der Waals surface area (Å²) in [6.07, 6.45) is 1.60. The van der Waals surface area contributed by atoms with Crippen LogP contribution in [0, 0.1) is 0 Å². The lowest BCUT2D eigenvalue weighted by atomic mass is 10.1. The van der Waals surface area contributed by atoms with E-state index < -0.39 is 0 Å². The van der Waals surface area contributed by atoms with Gasteiger partial charge >= 0.3 is 0 Å². The Morgan fingerprint density at radius 1 is 1.33 bits per heavy atom. The van der Waals surface area contributed by atoms with Crippen LogP contribution in [0.25, 0.3) is 0 Å². The van der Waals surface area contributed by atoms with Crippen molar-refractivity contribution in [3.63, 3.8) is 0 Å². The molecule has 24 heavy (non-hydrogen) atoms. The standard InChI is InChI=1S/C16H16N4O3S/c1-11(15(21)12-5-7-13(22-2)8-6-12)24-16-17-18-19-20(16)10-14-4-3-9-23-14/h3-9,11H,10H2,1-2H3. The predicted molar refractivity (Wildman–Crippen MR) is 88.3 cm³/mol. The van der Waals surface area contributed by atoms with E-state index in [1.54, 1.807) is 42.3 Å². The first-order chi connectivity index (χ1) is 11.7. The lowest BCUT2D eigenvalue weighted by Crippen LogP contribution is -2.15. The molecule has 124 valence electrons. The van der Waals surface area contributed by atoms with Crippen LogP contribution in [0.5, 0.6) is 5.75 Å². The van der Waals surface area contributed by atoms with Crippen molar-refractivity contribution in [1.29, 1.82) is 0 Å². The van der Waals surface area contributed by atoms with Crippen LogP contribution in [0.4, 0.5) is 0 Å². The average Bonchev–Trinajstić information content (AvgIpc) is 3.27. The van der Waals surface area contributed by atoms with Gasteiger partial charge in [-0.1, -0.05) is 11.8 Å². The molecule has 0 bridgehead atoms. The second-order valence-corrected chi connectivity index (χ2v) is 6.36. The first-order valence-corrected chi connectivity index (χ1v) is 8.19. The molecule has 0 N–H and O–H groups in total. The lowest BCUT2D eigenvalue weighted by molar-refractivity contribution is 0.0994. The minimum Gasteiger partial charge on any atom is -0.497 e. The molecular weight excluding hydrogens is 328 g/mol. The fourth-order valence-corrected chi connectivity index (χ4v) is 3.00. The van der Waals surface area contributed by atoms with Gasteiger partial charge < -0.3 is 9.15 Å². The summed E-state index contributed by atoms with van der Waals surface area (Å²) in [5.74, 6) is 1.47. The number of nitrogens with zero attached hydrogens (tertiary/aromatic N) is 4. The fraction of sp³-hybridized carbons (Fsp3) is 0.250. The molecule has 2 aromatic heterocycles. The normalized spacial score (nSPS) is 12.1. The number of tetrazole rings is 1. The number of carbonyl (C=O) groups is 1. The minimum absolute atomic E-state index is 0.00945. The monoisotopic (exact) mass is 344 g/mol. The molecule has 0 spiro atoms. The summed E-state index contributed by atoms with van der Waals surface area (Å²) in [6.45, 7) is 2.26. The average molecular weight is 344 g/mol. The van der Waals surface area contributed by atoms with E-state index in [2.05, 4.69) is 15.5 Å². The van der Waals surface area contributed by atoms with Crippen molar-refractivity contribution in [3.05, 3.63) is 54.0 Å². The van der Waals surface area contributed by atoms with Crippen LogP contribution >= 0.6 is 11.8 Å². The van der Waals surface area contributed by atoms with Gasteiger partial charge in [-0.05, 0) is 53.7 Å². The van der Waals surface area contributed by atoms with Crippen molar-refractivity contribution >= 4 is 17.5 Å². The van der Waals surface area contributed by atoms with Gasteiger partial charge in [0.15, 0.2) is 5.78 Å². The SMILES string of the molecule is COc1ccc(C(=O)C(C)Sc2nnnn2Cc2ccco2)cc1. The maximum atomic E-state index is 12.5. The van der Waals surface area contributed by atoms with Crippen molar-refractivity contribution < 1.29 is 13.9 Å². The Morgan fingerprint density at radius 3 is 2.79 bits per heavy atom. The zero-order chi connectivity index (χ0) is 16.9. The van der Waals surface area contributed by atoms with Crippen molar-refractivity contribution in [2.75, 3.05) is 7.11 Å². The number of ether oxygens (including phenoxy) is 1. The van der Waals surface area contributed by atoms with Crippen LogP contribution < -0.4 is 4.74 Å². The molecule has 2 heterocycles. The molecule has 0 radical (unpaired) electrons. The Labute approximate surface area is 143 Å². The summed E-state index contributed by atoms with van der Waals surface area (Å²) < 4.78 is 12.0. The highest BCUT2D eigenvalue weighted by Gasteiger charge is 2.20. The van der Waals surface area contributed by atoms with Gasteiger partial charge in [-0.2, -0.15) is 0 Å². The quantitative estimate of drug-likeness (QED) is 0.481. The number of thioether (sulfide) groups is 1. The molecule has 7 nitrogen and oxygen atoms in total. The highest BCUT2D eigenvalue weighted by Crippen LogP contribution is 2.24. The molecule has 0 saturated carbocycles. The third-order valence-electron chi connectivity index (χ3n) is 3.41. The van der Waals surface area contributed by atoms with Gasteiger partial charge in [0.2, 0.25) is 5.16 Å². The minimum atomic E-state index is -0.320. The Morgan fingerprint density at radius 2 is 2.12 bits per heavy atom. The van der Waals surface area contributed by atoms with E-state index in [1.165, 1.54) is 11.8 Å². The van der Waals surface area contributed by atoms with E-state index >= 15 is 0 Å². The van der Waals surface area contributed by atoms with Gasteiger partial charge in [0.25, 0.3) is 0 Å². The first-order valence-electron chi connectivity index (χ1n) is 7.31. The molecule has 0 fully saturated rings. The lowest BCUT2D eigenvalue weighted by Gasteiger charge is -2.10. The maximum absolute atomic E-state index is 12.5. The summed E-state index contributed by atoms with van der Waals surface area (Å²) in [4.78, 5) is 12.5. The number of carbonyl (C=O) groups excluding carboxylic acids is 1. The van der Waals surface area contributed by atoms with Gasteiger partial charge in [0.05, 0.1) is 18.6 Å². The maximum Gasteiger partial charge on any atom is 0.210 e. The van der Waals surface area contributed by atoms with Crippen LogP contribution in [0.3, 0.4) is 0 Å². The molecule has 3 rings (SSSR count). The van der Waals surface area contributed by atoms with Crippen LogP contribution in [0.2, 0.25) is 0 Å². The number of hydrogen-bond acceptors (Lipinski definition) is 7. The molecule has 0 aliphatic rings. The smallest absolute Gasteiger partial charge is 0.210 e. The number of ketones is 1. The zero-order valence-electron chi connectivity index (χ0n) is 13.2. The summed E-state index contributed by atoms with van der Waals surface area (Å²) in [5, 5.41) is 11.9. The molecule has 1 aromatic carbocycles. The van der Waals surface area contributed by atoms with Crippen molar-refractivity contribution in [2.45, 2.75) is 23.9 Å². The second kappa shape index (κ2) is 7.31. The third kappa shape index (κ3) is 3.65. The summed E-state index contributed by atoms with van der Waals surface area (Å²) in [6, 6.07) is 10.7. The molecule has 1 atom stereocenters. The van der Waals surface area contributed by atoms with E-state index in [0.29, 0.717) is 23.0 Å². The van der Waals surface area contributed by atoms with E-state index in [-0.39, 0.29) is 11.0 Å². The molecule has 0 saturated heterocycles. The molecule has 0 aliphatic heterocycles. The van der Waals surface area contributed by atoms with Gasteiger partial charge in [-0.3, -0.25) is 4.79 Å². The fourth-order valence-electron chi connectivity index (χ4n) is 2.13. The van der Waals surface area contributed by atoms with Crippen LogP contribution in [-0.2, 0) is 6.54 Å². The molecule has 8 heteroatoms. The number of aromatic nitrogens is 4. The highest BCUT2D eigenvalue weighted by molar-refractivity contribution is 8.00.